The summed E-state index contributed by atoms with van der Waals surface area (Å²) in [4.78, 5) is 19.8. The highest BCUT2D eigenvalue weighted by Gasteiger charge is 2.15. The molecule has 1 aromatic heterocycles. The van der Waals surface area contributed by atoms with Crippen molar-refractivity contribution in [2.75, 3.05) is 33.7 Å². The van der Waals surface area contributed by atoms with Gasteiger partial charge in [-0.15, -0.1) is 0 Å². The first-order chi connectivity index (χ1) is 11.0. The molecule has 1 aromatic carbocycles. The molecule has 4 nitrogen and oxygen atoms in total. The number of hydrogen-bond donors (Lipinski definition) is 1. The van der Waals surface area contributed by atoms with Gasteiger partial charge < -0.3 is 14.8 Å². The number of nitrogens with zero attached hydrogens (tertiary/aromatic N) is 2. The van der Waals surface area contributed by atoms with E-state index in [9.17, 15) is 9.18 Å². The van der Waals surface area contributed by atoms with Crippen molar-refractivity contribution in [2.24, 2.45) is 0 Å². The largest absolute Gasteiger partial charge is 0.361 e. The molecule has 0 atom stereocenters. The van der Waals surface area contributed by atoms with E-state index < -0.39 is 0 Å². The highest BCUT2D eigenvalue weighted by atomic mass is 19.1. The van der Waals surface area contributed by atoms with Crippen molar-refractivity contribution in [3.63, 3.8) is 0 Å². The van der Waals surface area contributed by atoms with E-state index >= 15 is 0 Å². The first-order valence-electron chi connectivity index (χ1n) is 8.19. The molecular weight excluding hydrogens is 293 g/mol. The standard InChI is InChI=1S/C18H26FN3O/c1-4-8-22(10-5-9-21(2)3)18(23)11-14-13-20-17-7-6-15(19)12-16(14)17/h6-7,12-13,20H,4-5,8-11H2,1-3H3. The van der Waals surface area contributed by atoms with Crippen molar-refractivity contribution in [3.8, 4) is 0 Å². The minimum Gasteiger partial charge on any atom is -0.361 e. The molecule has 0 fully saturated rings. The zero-order valence-corrected chi connectivity index (χ0v) is 14.2. The van der Waals surface area contributed by atoms with E-state index in [1.165, 1.54) is 12.1 Å². The summed E-state index contributed by atoms with van der Waals surface area (Å²) >= 11 is 0. The predicted molar refractivity (Wildman–Crippen MR) is 92.0 cm³/mol. The molecule has 0 unspecified atom stereocenters. The number of carbonyl (C=O) groups excluding carboxylic acids is 1. The fourth-order valence-electron chi connectivity index (χ4n) is 2.78. The number of hydrogen-bond acceptors (Lipinski definition) is 2. The van der Waals surface area contributed by atoms with Crippen LogP contribution in [0.1, 0.15) is 25.3 Å². The second-order valence-corrected chi connectivity index (χ2v) is 6.22. The van der Waals surface area contributed by atoms with Gasteiger partial charge in [0.05, 0.1) is 6.42 Å². The molecule has 1 amide bonds. The molecular formula is C18H26FN3O. The van der Waals surface area contributed by atoms with E-state index in [0.717, 1.165) is 48.9 Å². The molecule has 0 spiro atoms. The SMILES string of the molecule is CCCN(CCCN(C)C)C(=O)Cc1c[nH]c2ccc(F)cc12. The van der Waals surface area contributed by atoms with Crippen molar-refractivity contribution < 1.29 is 9.18 Å². The van der Waals surface area contributed by atoms with Crippen molar-refractivity contribution in [1.82, 2.24) is 14.8 Å². The van der Waals surface area contributed by atoms with Gasteiger partial charge in [0.25, 0.3) is 0 Å². The van der Waals surface area contributed by atoms with Gasteiger partial charge in [-0.1, -0.05) is 6.92 Å². The van der Waals surface area contributed by atoms with Crippen LogP contribution in [0.4, 0.5) is 4.39 Å². The van der Waals surface area contributed by atoms with Gasteiger partial charge in [-0.2, -0.15) is 0 Å². The van der Waals surface area contributed by atoms with Crippen LogP contribution in [0.15, 0.2) is 24.4 Å². The van der Waals surface area contributed by atoms with Crippen molar-refractivity contribution in [2.45, 2.75) is 26.2 Å². The van der Waals surface area contributed by atoms with Crippen molar-refractivity contribution in [1.29, 1.82) is 0 Å². The molecule has 2 aromatic rings. The number of rotatable bonds is 8. The number of aromatic amines is 1. The number of aromatic nitrogens is 1. The van der Waals surface area contributed by atoms with Gasteiger partial charge in [-0.3, -0.25) is 4.79 Å². The topological polar surface area (TPSA) is 39.3 Å². The molecule has 0 aliphatic rings. The molecule has 1 heterocycles. The Hall–Kier alpha value is -1.88. The number of amides is 1. The number of H-pyrrole nitrogens is 1. The number of benzene rings is 1. The number of nitrogens with one attached hydrogen (secondary N) is 1. The van der Waals surface area contributed by atoms with Gasteiger partial charge in [-0.25, -0.2) is 4.39 Å². The highest BCUT2D eigenvalue weighted by molar-refractivity contribution is 5.89. The van der Waals surface area contributed by atoms with Crippen LogP contribution in [0.2, 0.25) is 0 Å². The third-order valence-electron chi connectivity index (χ3n) is 3.95. The zero-order chi connectivity index (χ0) is 16.8. The Morgan fingerprint density at radius 1 is 1.22 bits per heavy atom. The average Bonchev–Trinajstić information content (AvgIpc) is 2.88. The van der Waals surface area contributed by atoms with Gasteiger partial charge in [0.2, 0.25) is 5.91 Å². The van der Waals surface area contributed by atoms with Gasteiger partial charge >= 0.3 is 0 Å². The Bertz CT molecular complexity index is 651. The summed E-state index contributed by atoms with van der Waals surface area (Å²) < 4.78 is 13.4. The summed E-state index contributed by atoms with van der Waals surface area (Å²) in [7, 11) is 4.07. The second-order valence-electron chi connectivity index (χ2n) is 6.22. The van der Waals surface area contributed by atoms with Crippen LogP contribution in [-0.2, 0) is 11.2 Å². The molecule has 0 saturated carbocycles. The van der Waals surface area contributed by atoms with Crippen LogP contribution in [-0.4, -0.2) is 54.4 Å². The third-order valence-corrected chi connectivity index (χ3v) is 3.95. The molecule has 0 aliphatic carbocycles. The van der Waals surface area contributed by atoms with E-state index in [4.69, 9.17) is 0 Å². The Morgan fingerprint density at radius 3 is 2.70 bits per heavy atom. The number of halogens is 1. The Kier molecular flexibility index (Phi) is 6.16. The summed E-state index contributed by atoms with van der Waals surface area (Å²) in [5.41, 5.74) is 1.72. The molecule has 0 aliphatic heterocycles. The smallest absolute Gasteiger partial charge is 0.227 e. The molecule has 23 heavy (non-hydrogen) atoms. The quantitative estimate of drug-likeness (QED) is 0.812. The Balaban J connectivity index is 2.05. The van der Waals surface area contributed by atoms with E-state index in [1.807, 2.05) is 25.2 Å². The van der Waals surface area contributed by atoms with Crippen LogP contribution in [0.25, 0.3) is 10.9 Å². The predicted octanol–water partition coefficient (Wildman–Crippen LogP) is 3.04. The maximum atomic E-state index is 13.4. The summed E-state index contributed by atoms with van der Waals surface area (Å²) in [6, 6.07) is 4.62. The van der Waals surface area contributed by atoms with Crippen LogP contribution >= 0.6 is 0 Å². The molecule has 1 N–H and O–H groups in total. The van der Waals surface area contributed by atoms with Gasteiger partial charge in [0, 0.05) is 30.2 Å². The Labute approximate surface area is 137 Å². The number of fused-ring (bicyclic) bond motifs is 1. The molecule has 0 bridgehead atoms. The van der Waals surface area contributed by atoms with E-state index in [2.05, 4.69) is 16.8 Å². The second kappa shape index (κ2) is 8.11. The van der Waals surface area contributed by atoms with Crippen LogP contribution < -0.4 is 0 Å². The van der Waals surface area contributed by atoms with Crippen LogP contribution in [0.3, 0.4) is 0 Å². The first kappa shape index (κ1) is 17.5. The van der Waals surface area contributed by atoms with Crippen molar-refractivity contribution >= 4 is 16.8 Å². The lowest BCUT2D eigenvalue weighted by Crippen LogP contribution is -2.35. The maximum absolute atomic E-state index is 13.4. The summed E-state index contributed by atoms with van der Waals surface area (Å²) in [6.45, 7) is 4.57. The monoisotopic (exact) mass is 319 g/mol. The number of carbonyl (C=O) groups is 1. The fraction of sp³-hybridized carbons (Fsp3) is 0.500. The van der Waals surface area contributed by atoms with Gasteiger partial charge in [-0.05, 0) is 57.2 Å². The minimum absolute atomic E-state index is 0.107. The lowest BCUT2D eigenvalue weighted by molar-refractivity contribution is -0.130. The zero-order valence-electron chi connectivity index (χ0n) is 14.2. The Morgan fingerprint density at radius 2 is 2.00 bits per heavy atom. The lowest BCUT2D eigenvalue weighted by Gasteiger charge is -2.23. The van der Waals surface area contributed by atoms with Crippen LogP contribution in [0, 0.1) is 5.82 Å². The van der Waals surface area contributed by atoms with Gasteiger partial charge in [0.15, 0.2) is 0 Å². The maximum Gasteiger partial charge on any atom is 0.227 e. The molecule has 5 heteroatoms. The molecule has 0 saturated heterocycles. The highest BCUT2D eigenvalue weighted by Crippen LogP contribution is 2.20. The molecule has 0 radical (unpaired) electrons. The fourth-order valence-corrected chi connectivity index (χ4v) is 2.78. The van der Waals surface area contributed by atoms with Crippen molar-refractivity contribution in [3.05, 3.63) is 35.8 Å². The van der Waals surface area contributed by atoms with Crippen LogP contribution in [0.5, 0.6) is 0 Å². The lowest BCUT2D eigenvalue weighted by atomic mass is 10.1. The molecule has 2 rings (SSSR count). The van der Waals surface area contributed by atoms with E-state index in [1.54, 1.807) is 6.07 Å². The summed E-state index contributed by atoms with van der Waals surface area (Å²) in [6.07, 6.45) is 4.02. The third kappa shape index (κ3) is 4.79. The van der Waals surface area contributed by atoms with E-state index in [-0.39, 0.29) is 11.7 Å². The van der Waals surface area contributed by atoms with Gasteiger partial charge in [0.1, 0.15) is 5.82 Å². The summed E-state index contributed by atoms with van der Waals surface area (Å²) in [5, 5.41) is 0.795. The first-order valence-corrected chi connectivity index (χ1v) is 8.19. The molecule has 126 valence electrons. The average molecular weight is 319 g/mol. The van der Waals surface area contributed by atoms with E-state index in [0.29, 0.717) is 6.42 Å². The normalized spacial score (nSPS) is 11.3. The minimum atomic E-state index is -0.276. The summed E-state index contributed by atoms with van der Waals surface area (Å²) in [5.74, 6) is -0.169.